The number of ether oxygens (including phenoxy) is 1. The molecule has 1 heterocycles. The molecule has 34 heavy (non-hydrogen) atoms. The Kier molecular flexibility index (Phi) is 6.47. The van der Waals surface area contributed by atoms with E-state index in [1.165, 1.54) is 0 Å². The van der Waals surface area contributed by atoms with Gasteiger partial charge in [0, 0.05) is 34.8 Å². The highest BCUT2D eigenvalue weighted by molar-refractivity contribution is 6.15. The predicted octanol–water partition coefficient (Wildman–Crippen LogP) is 5.28. The molecule has 3 unspecified atom stereocenters. The Morgan fingerprint density at radius 2 is 1.88 bits per heavy atom. The first-order chi connectivity index (χ1) is 16.2. The molecule has 0 radical (unpaired) electrons. The highest BCUT2D eigenvalue weighted by Gasteiger charge is 2.72. The molecule has 0 saturated carbocycles. The fourth-order valence-corrected chi connectivity index (χ4v) is 6.07. The quantitative estimate of drug-likeness (QED) is 0.326. The second-order valence-corrected chi connectivity index (χ2v) is 10.1. The van der Waals surface area contributed by atoms with Crippen molar-refractivity contribution < 1.29 is 19.4 Å². The summed E-state index contributed by atoms with van der Waals surface area (Å²) >= 11 is 0. The monoisotopic (exact) mass is 464 g/mol. The van der Waals surface area contributed by atoms with Crippen molar-refractivity contribution in [3.05, 3.63) is 58.7 Å². The number of nitrogen functional groups attached to an aromatic ring is 1. The minimum absolute atomic E-state index is 0.0708. The highest BCUT2D eigenvalue weighted by Crippen LogP contribution is 2.65. The van der Waals surface area contributed by atoms with Gasteiger partial charge in [0.2, 0.25) is 0 Å². The fraction of sp³-hybridized carbons (Fsp3) is 0.500. The number of benzene rings is 2. The van der Waals surface area contributed by atoms with Crippen molar-refractivity contribution in [2.24, 2.45) is 5.73 Å². The van der Waals surface area contributed by atoms with Crippen molar-refractivity contribution >= 4 is 17.4 Å². The van der Waals surface area contributed by atoms with Crippen molar-refractivity contribution in [2.45, 2.75) is 88.7 Å². The van der Waals surface area contributed by atoms with Gasteiger partial charge in [0.05, 0.1) is 0 Å². The maximum absolute atomic E-state index is 14.4. The zero-order valence-corrected chi connectivity index (χ0v) is 20.4. The van der Waals surface area contributed by atoms with Crippen LogP contribution in [0.5, 0.6) is 5.75 Å². The van der Waals surface area contributed by atoms with Crippen molar-refractivity contribution in [2.75, 3.05) is 5.73 Å². The number of anilines is 1. The topological polar surface area (TPSA) is 116 Å². The van der Waals surface area contributed by atoms with Crippen molar-refractivity contribution in [1.29, 1.82) is 0 Å². The van der Waals surface area contributed by atoms with E-state index in [1.807, 2.05) is 24.3 Å². The zero-order chi connectivity index (χ0) is 24.7. The van der Waals surface area contributed by atoms with Crippen LogP contribution in [0.25, 0.3) is 0 Å². The molecule has 1 aliphatic heterocycles. The molecule has 0 amide bonds. The van der Waals surface area contributed by atoms with E-state index in [4.69, 9.17) is 21.3 Å². The van der Waals surface area contributed by atoms with Gasteiger partial charge < -0.3 is 21.3 Å². The van der Waals surface area contributed by atoms with Gasteiger partial charge in [-0.05, 0) is 49.3 Å². The van der Waals surface area contributed by atoms with E-state index < -0.39 is 23.0 Å². The van der Waals surface area contributed by atoms with E-state index in [1.54, 1.807) is 6.07 Å². The molecule has 0 bridgehead atoms. The molecular weight excluding hydrogens is 428 g/mol. The Morgan fingerprint density at radius 1 is 1.12 bits per heavy atom. The van der Waals surface area contributed by atoms with Gasteiger partial charge in [-0.2, -0.15) is 0 Å². The fourth-order valence-electron chi connectivity index (χ4n) is 6.07. The standard InChI is InChI=1S/C28H36N2O4/c1-4-5-11-23(30)28-19-14-13-18(17(2)3)16-22(19)34-27(28,15-7-6-12-24(31)32)20-9-8-10-21(29)25(20)26(28)33/h8-10,13-14,16-17,23H,4-7,11-12,15,29-30H2,1-3H3,(H,31,32). The summed E-state index contributed by atoms with van der Waals surface area (Å²) < 4.78 is 6.87. The summed E-state index contributed by atoms with van der Waals surface area (Å²) in [5.74, 6) is 0.119. The first-order valence-corrected chi connectivity index (χ1v) is 12.4. The van der Waals surface area contributed by atoms with E-state index in [-0.39, 0.29) is 12.2 Å². The van der Waals surface area contributed by atoms with Gasteiger partial charge in [0.15, 0.2) is 11.4 Å². The SMILES string of the molecule is CCCCC(N)C12C(=O)c3c(N)cccc3C1(CCCCC(=O)O)Oc1cc(C(C)C)ccc12. The molecule has 0 aromatic heterocycles. The van der Waals surface area contributed by atoms with Crippen molar-refractivity contribution in [1.82, 2.24) is 0 Å². The molecule has 0 spiro atoms. The van der Waals surface area contributed by atoms with Crippen LogP contribution < -0.4 is 16.2 Å². The molecule has 0 saturated heterocycles. The second-order valence-electron chi connectivity index (χ2n) is 10.1. The lowest BCUT2D eigenvalue weighted by Gasteiger charge is -2.42. The number of ketones is 1. The van der Waals surface area contributed by atoms with E-state index in [0.29, 0.717) is 48.6 Å². The number of carboxylic acids is 1. The number of Topliss-reactive ketones (excluding diaryl/α,β-unsaturated/α-hetero) is 1. The number of carbonyl (C=O) groups excluding carboxylic acids is 1. The number of carbonyl (C=O) groups is 2. The summed E-state index contributed by atoms with van der Waals surface area (Å²) in [4.78, 5) is 25.6. The molecule has 1 aliphatic carbocycles. The highest BCUT2D eigenvalue weighted by atomic mass is 16.5. The number of hydrogen-bond donors (Lipinski definition) is 3. The minimum atomic E-state index is -1.09. The molecule has 3 atom stereocenters. The largest absolute Gasteiger partial charge is 0.481 e. The van der Waals surface area contributed by atoms with Gasteiger partial charge in [-0.25, -0.2) is 0 Å². The number of nitrogens with two attached hydrogens (primary N) is 2. The Labute approximate surface area is 201 Å². The van der Waals surface area contributed by atoms with E-state index in [2.05, 4.69) is 26.8 Å². The lowest BCUT2D eigenvalue weighted by atomic mass is 9.61. The average molecular weight is 465 g/mol. The van der Waals surface area contributed by atoms with Crippen LogP contribution in [0.3, 0.4) is 0 Å². The Hall–Kier alpha value is -2.86. The molecule has 5 N–H and O–H groups in total. The van der Waals surface area contributed by atoms with Crippen molar-refractivity contribution in [3.8, 4) is 5.75 Å². The molecule has 0 fully saturated rings. The first-order valence-electron chi connectivity index (χ1n) is 12.4. The summed E-state index contributed by atoms with van der Waals surface area (Å²) in [6.45, 7) is 6.37. The van der Waals surface area contributed by atoms with Gasteiger partial charge >= 0.3 is 5.97 Å². The number of carboxylic acid groups (broad SMARTS) is 1. The van der Waals surface area contributed by atoms with Gasteiger partial charge in [-0.3, -0.25) is 9.59 Å². The van der Waals surface area contributed by atoms with E-state index in [0.717, 1.165) is 29.5 Å². The minimum Gasteiger partial charge on any atom is -0.481 e. The number of unbranched alkanes of at least 4 members (excludes halogenated alkanes) is 2. The molecule has 182 valence electrons. The molecule has 6 nitrogen and oxygen atoms in total. The van der Waals surface area contributed by atoms with E-state index in [9.17, 15) is 9.59 Å². The van der Waals surface area contributed by atoms with Crippen molar-refractivity contribution in [3.63, 3.8) is 0 Å². The van der Waals surface area contributed by atoms with Crippen LogP contribution in [0.1, 0.15) is 98.7 Å². The third kappa shape index (κ3) is 3.42. The van der Waals surface area contributed by atoms with Crippen LogP contribution in [0.4, 0.5) is 5.69 Å². The molecule has 2 aromatic rings. The van der Waals surface area contributed by atoms with Gasteiger partial charge in [-0.15, -0.1) is 0 Å². The smallest absolute Gasteiger partial charge is 0.303 e. The Bertz CT molecular complexity index is 1110. The summed E-state index contributed by atoms with van der Waals surface area (Å²) in [7, 11) is 0. The maximum Gasteiger partial charge on any atom is 0.303 e. The predicted molar refractivity (Wildman–Crippen MR) is 133 cm³/mol. The number of rotatable bonds is 10. The van der Waals surface area contributed by atoms with Gasteiger partial charge in [0.1, 0.15) is 11.2 Å². The lowest BCUT2D eigenvalue weighted by molar-refractivity contribution is -0.137. The second kappa shape index (κ2) is 9.06. The lowest BCUT2D eigenvalue weighted by Crippen LogP contribution is -2.59. The zero-order valence-electron chi connectivity index (χ0n) is 20.4. The van der Waals surface area contributed by atoms with Gasteiger partial charge in [-0.1, -0.05) is 57.9 Å². The number of aliphatic carboxylic acids is 1. The third-order valence-corrected chi connectivity index (χ3v) is 7.73. The number of hydrogen-bond acceptors (Lipinski definition) is 5. The van der Waals surface area contributed by atoms with Crippen LogP contribution in [0, 0.1) is 0 Å². The molecule has 4 rings (SSSR count). The molecule has 2 aromatic carbocycles. The number of fused-ring (bicyclic) bond motifs is 5. The average Bonchev–Trinajstić information content (AvgIpc) is 3.21. The van der Waals surface area contributed by atoms with E-state index >= 15 is 0 Å². The molecule has 6 heteroatoms. The van der Waals surface area contributed by atoms with Crippen LogP contribution in [0.2, 0.25) is 0 Å². The molecular formula is C28H36N2O4. The first kappa shape index (κ1) is 24.3. The normalized spacial score (nSPS) is 23.4. The summed E-state index contributed by atoms with van der Waals surface area (Å²) in [5.41, 5.74) is 14.9. The van der Waals surface area contributed by atoms with Crippen LogP contribution >= 0.6 is 0 Å². The van der Waals surface area contributed by atoms with Gasteiger partial charge in [0.25, 0.3) is 0 Å². The summed E-state index contributed by atoms with van der Waals surface area (Å²) in [5, 5.41) is 9.17. The Balaban J connectivity index is 1.94. The third-order valence-electron chi connectivity index (χ3n) is 7.73. The maximum atomic E-state index is 14.4. The van der Waals surface area contributed by atoms with Crippen LogP contribution in [-0.2, 0) is 15.8 Å². The van der Waals surface area contributed by atoms with Crippen LogP contribution in [-0.4, -0.2) is 22.9 Å². The molecule has 2 aliphatic rings. The summed E-state index contributed by atoms with van der Waals surface area (Å²) in [6.07, 6.45) is 4.22. The van der Waals surface area contributed by atoms with Crippen LogP contribution in [0.15, 0.2) is 36.4 Å². The Morgan fingerprint density at radius 3 is 2.56 bits per heavy atom. The summed E-state index contributed by atoms with van der Waals surface area (Å²) in [6, 6.07) is 11.2.